The Labute approximate surface area is 72.1 Å². The Bertz CT molecular complexity index is 128. The summed E-state index contributed by atoms with van der Waals surface area (Å²) >= 11 is 0. The van der Waals surface area contributed by atoms with Gasteiger partial charge in [0.2, 0.25) is 0 Å². The first-order valence-electron chi connectivity index (χ1n) is 4.23. The molecule has 0 aromatic rings. The summed E-state index contributed by atoms with van der Waals surface area (Å²) in [6.45, 7) is 0.494. The van der Waals surface area contributed by atoms with Crippen molar-refractivity contribution in [1.82, 2.24) is 0 Å². The Morgan fingerprint density at radius 3 is 2.92 bits per heavy atom. The van der Waals surface area contributed by atoms with E-state index in [-0.39, 0.29) is 18.8 Å². The van der Waals surface area contributed by atoms with Gasteiger partial charge in [0.1, 0.15) is 0 Å². The third-order valence-electron chi connectivity index (χ3n) is 2.20. The molecule has 0 bridgehead atoms. The van der Waals surface area contributed by atoms with Crippen LogP contribution >= 0.6 is 0 Å². The van der Waals surface area contributed by atoms with E-state index in [9.17, 15) is 5.11 Å². The van der Waals surface area contributed by atoms with Crippen molar-refractivity contribution in [3.05, 3.63) is 0 Å². The van der Waals surface area contributed by atoms with E-state index in [1.807, 2.05) is 0 Å². The number of methoxy groups -OCH3 is 1. The summed E-state index contributed by atoms with van der Waals surface area (Å²) in [6.07, 6.45) is 0.689. The van der Waals surface area contributed by atoms with E-state index in [1.54, 1.807) is 7.11 Å². The predicted molar refractivity (Wildman–Crippen MR) is 42.6 cm³/mol. The summed E-state index contributed by atoms with van der Waals surface area (Å²) in [5.74, 6) is 0.0159. The van der Waals surface area contributed by atoms with Crippen molar-refractivity contribution in [2.45, 2.75) is 25.2 Å². The van der Waals surface area contributed by atoms with E-state index in [4.69, 9.17) is 14.6 Å². The van der Waals surface area contributed by atoms with Gasteiger partial charge in [-0.1, -0.05) is 0 Å². The first-order valence-corrected chi connectivity index (χ1v) is 4.23. The molecule has 1 saturated heterocycles. The summed E-state index contributed by atoms with van der Waals surface area (Å²) in [5, 5.41) is 18.0. The van der Waals surface area contributed by atoms with Crippen LogP contribution in [0.2, 0.25) is 0 Å². The van der Waals surface area contributed by atoms with Gasteiger partial charge in [0.15, 0.2) is 6.29 Å². The van der Waals surface area contributed by atoms with E-state index in [1.165, 1.54) is 0 Å². The highest BCUT2D eigenvalue weighted by Crippen LogP contribution is 2.25. The Morgan fingerprint density at radius 1 is 1.58 bits per heavy atom. The number of hydrogen-bond donors (Lipinski definition) is 2. The third-order valence-corrected chi connectivity index (χ3v) is 2.20. The molecule has 0 spiro atoms. The summed E-state index contributed by atoms with van der Waals surface area (Å²) < 4.78 is 10.2. The van der Waals surface area contributed by atoms with Crippen molar-refractivity contribution in [3.63, 3.8) is 0 Å². The highest BCUT2D eigenvalue weighted by Gasteiger charge is 2.35. The van der Waals surface area contributed by atoms with Gasteiger partial charge in [-0.25, -0.2) is 0 Å². The molecule has 0 saturated carbocycles. The van der Waals surface area contributed by atoms with Crippen molar-refractivity contribution in [2.75, 3.05) is 20.3 Å². The molecule has 72 valence electrons. The molecular weight excluding hydrogens is 160 g/mol. The largest absolute Gasteiger partial charge is 0.396 e. The standard InChI is InChI=1S/C8H16O4/c1-11-8-6(3-2-4-9)7(10)5-12-8/h6-10H,2-5H2,1H3/t6-,7-,8?/m1/s1. The highest BCUT2D eigenvalue weighted by atomic mass is 16.7. The van der Waals surface area contributed by atoms with Gasteiger partial charge in [-0.3, -0.25) is 0 Å². The molecule has 0 aliphatic carbocycles. The average molecular weight is 176 g/mol. The Kier molecular flexibility index (Phi) is 3.94. The fraction of sp³-hybridized carbons (Fsp3) is 1.00. The molecule has 0 aromatic carbocycles. The van der Waals surface area contributed by atoms with E-state index in [0.717, 1.165) is 6.42 Å². The van der Waals surface area contributed by atoms with Crippen molar-refractivity contribution in [3.8, 4) is 0 Å². The van der Waals surface area contributed by atoms with Gasteiger partial charge < -0.3 is 19.7 Å². The second kappa shape index (κ2) is 4.77. The molecule has 12 heavy (non-hydrogen) atoms. The van der Waals surface area contributed by atoms with Crippen LogP contribution in [0.15, 0.2) is 0 Å². The van der Waals surface area contributed by atoms with Crippen molar-refractivity contribution < 1.29 is 19.7 Å². The van der Waals surface area contributed by atoms with Gasteiger partial charge >= 0.3 is 0 Å². The number of aliphatic hydroxyl groups is 2. The minimum atomic E-state index is -0.443. The monoisotopic (exact) mass is 176 g/mol. The molecule has 3 atom stereocenters. The summed E-state index contributed by atoms with van der Waals surface area (Å²) in [5.41, 5.74) is 0. The smallest absolute Gasteiger partial charge is 0.162 e. The van der Waals surface area contributed by atoms with Gasteiger partial charge in [0.25, 0.3) is 0 Å². The molecule has 1 rings (SSSR count). The molecule has 1 heterocycles. The molecule has 0 aromatic heterocycles. The quantitative estimate of drug-likeness (QED) is 0.619. The summed E-state index contributed by atoms with van der Waals surface area (Å²) in [4.78, 5) is 0. The lowest BCUT2D eigenvalue weighted by atomic mass is 9.99. The normalized spacial score (nSPS) is 35.8. The molecule has 0 amide bonds. The van der Waals surface area contributed by atoms with Crippen molar-refractivity contribution in [1.29, 1.82) is 0 Å². The molecule has 1 unspecified atom stereocenters. The van der Waals surface area contributed by atoms with Crippen LogP contribution in [0.25, 0.3) is 0 Å². The van der Waals surface area contributed by atoms with Crippen LogP contribution in [0.1, 0.15) is 12.8 Å². The Hall–Kier alpha value is -0.160. The zero-order chi connectivity index (χ0) is 8.97. The molecule has 1 aliphatic heterocycles. The minimum absolute atomic E-state index is 0.0159. The predicted octanol–water partition coefficient (Wildman–Crippen LogP) is -0.261. The lowest BCUT2D eigenvalue weighted by Crippen LogP contribution is -2.25. The van der Waals surface area contributed by atoms with Gasteiger partial charge in [0.05, 0.1) is 12.7 Å². The number of hydrogen-bond acceptors (Lipinski definition) is 4. The fourth-order valence-corrected chi connectivity index (χ4v) is 1.52. The maximum Gasteiger partial charge on any atom is 0.162 e. The van der Waals surface area contributed by atoms with Crippen LogP contribution in [-0.2, 0) is 9.47 Å². The van der Waals surface area contributed by atoms with E-state index in [0.29, 0.717) is 13.0 Å². The summed E-state index contributed by atoms with van der Waals surface area (Å²) in [6, 6.07) is 0. The molecule has 0 radical (unpaired) electrons. The van der Waals surface area contributed by atoms with Gasteiger partial charge in [-0.15, -0.1) is 0 Å². The van der Waals surface area contributed by atoms with Gasteiger partial charge in [-0.05, 0) is 12.8 Å². The van der Waals surface area contributed by atoms with Crippen LogP contribution < -0.4 is 0 Å². The van der Waals surface area contributed by atoms with E-state index < -0.39 is 6.10 Å². The second-order valence-electron chi connectivity index (χ2n) is 3.03. The fourth-order valence-electron chi connectivity index (χ4n) is 1.52. The molecule has 2 N–H and O–H groups in total. The number of aliphatic hydroxyl groups excluding tert-OH is 2. The van der Waals surface area contributed by atoms with Crippen molar-refractivity contribution >= 4 is 0 Å². The van der Waals surface area contributed by atoms with Crippen LogP contribution in [0.3, 0.4) is 0 Å². The van der Waals surface area contributed by atoms with Crippen molar-refractivity contribution in [2.24, 2.45) is 5.92 Å². The Morgan fingerprint density at radius 2 is 2.33 bits per heavy atom. The second-order valence-corrected chi connectivity index (χ2v) is 3.03. The Balaban J connectivity index is 2.35. The molecule has 4 nitrogen and oxygen atoms in total. The van der Waals surface area contributed by atoms with E-state index in [2.05, 4.69) is 0 Å². The van der Waals surface area contributed by atoms with Crippen LogP contribution in [0.4, 0.5) is 0 Å². The lowest BCUT2D eigenvalue weighted by Gasteiger charge is -2.17. The highest BCUT2D eigenvalue weighted by molar-refractivity contribution is 4.77. The minimum Gasteiger partial charge on any atom is -0.396 e. The third kappa shape index (κ3) is 2.17. The van der Waals surface area contributed by atoms with Crippen LogP contribution in [-0.4, -0.2) is 42.9 Å². The van der Waals surface area contributed by atoms with E-state index >= 15 is 0 Å². The molecule has 1 aliphatic rings. The maximum absolute atomic E-state index is 9.43. The topological polar surface area (TPSA) is 58.9 Å². The molecule has 1 fully saturated rings. The summed E-state index contributed by atoms with van der Waals surface area (Å²) in [7, 11) is 1.56. The SMILES string of the molecule is COC1OC[C@@H](O)[C@H]1CCCO. The first-order chi connectivity index (χ1) is 5.79. The van der Waals surface area contributed by atoms with Crippen LogP contribution in [0, 0.1) is 5.92 Å². The zero-order valence-corrected chi connectivity index (χ0v) is 7.27. The van der Waals surface area contributed by atoms with Gasteiger partial charge in [-0.2, -0.15) is 0 Å². The number of ether oxygens (including phenoxy) is 2. The molecular formula is C8H16O4. The first kappa shape index (κ1) is 9.92. The number of rotatable bonds is 4. The van der Waals surface area contributed by atoms with Gasteiger partial charge in [0, 0.05) is 19.6 Å². The lowest BCUT2D eigenvalue weighted by molar-refractivity contribution is -0.112. The van der Waals surface area contributed by atoms with Crippen LogP contribution in [0.5, 0.6) is 0 Å². The maximum atomic E-state index is 9.43. The molecule has 4 heteroatoms. The zero-order valence-electron chi connectivity index (χ0n) is 7.27. The average Bonchev–Trinajstić information content (AvgIpc) is 2.43.